The number of carbonyl (C=O) groups excluding carboxylic acids is 2. The third-order valence-electron chi connectivity index (χ3n) is 4.33. The van der Waals surface area contributed by atoms with Gasteiger partial charge in [-0.05, 0) is 37.6 Å². The number of hydrogen-bond donors (Lipinski definition) is 2. The Bertz CT molecular complexity index is 1080. The molecular weight excluding hydrogens is 422 g/mol. The summed E-state index contributed by atoms with van der Waals surface area (Å²) in [6, 6.07) is 13.0. The van der Waals surface area contributed by atoms with Crippen LogP contribution in [0.25, 0.3) is 0 Å². The number of methoxy groups -OCH3 is 1. The molecular formula is C22H22ClN3O3S. The number of benzene rings is 2. The first kappa shape index (κ1) is 21.8. The quantitative estimate of drug-likeness (QED) is 0.562. The van der Waals surface area contributed by atoms with Gasteiger partial charge in [0.25, 0.3) is 5.91 Å². The van der Waals surface area contributed by atoms with E-state index in [1.807, 2.05) is 31.2 Å². The fourth-order valence-corrected chi connectivity index (χ4v) is 4.15. The summed E-state index contributed by atoms with van der Waals surface area (Å²) in [6.45, 7) is 4.21. The van der Waals surface area contributed by atoms with Crippen LogP contribution >= 0.6 is 22.9 Å². The molecule has 2 N–H and O–H groups in total. The zero-order chi connectivity index (χ0) is 21.7. The van der Waals surface area contributed by atoms with E-state index in [9.17, 15) is 9.59 Å². The number of thiazole rings is 1. The van der Waals surface area contributed by atoms with Gasteiger partial charge in [-0.2, -0.15) is 0 Å². The number of rotatable bonds is 7. The molecule has 2 amide bonds. The first-order valence-electron chi connectivity index (χ1n) is 9.29. The standard InChI is InChI=1S/C22H22ClN3O3S/c1-13-5-4-6-15(9-13)12-24-22(28)21-14(2)25-20(30-21)11-19(27)26-16-7-8-18(29-3)17(23)10-16/h4-10H,11-12H2,1-3H3,(H,24,28)(H,26,27). The predicted octanol–water partition coefficient (Wildman–Crippen LogP) is 4.53. The van der Waals surface area contributed by atoms with Crippen molar-refractivity contribution in [1.82, 2.24) is 10.3 Å². The summed E-state index contributed by atoms with van der Waals surface area (Å²) < 4.78 is 5.10. The van der Waals surface area contributed by atoms with Crippen LogP contribution in [0.3, 0.4) is 0 Å². The number of nitrogens with one attached hydrogen (secondary N) is 2. The highest BCUT2D eigenvalue weighted by Gasteiger charge is 2.17. The molecule has 2 aromatic carbocycles. The van der Waals surface area contributed by atoms with Gasteiger partial charge in [-0.3, -0.25) is 9.59 Å². The highest BCUT2D eigenvalue weighted by Crippen LogP contribution is 2.27. The lowest BCUT2D eigenvalue weighted by Crippen LogP contribution is -2.22. The molecule has 0 radical (unpaired) electrons. The van der Waals surface area contributed by atoms with Gasteiger partial charge in [0, 0.05) is 12.2 Å². The summed E-state index contributed by atoms with van der Waals surface area (Å²) in [5.74, 6) is 0.100. The van der Waals surface area contributed by atoms with Crippen LogP contribution in [0.5, 0.6) is 5.75 Å². The van der Waals surface area contributed by atoms with E-state index in [2.05, 4.69) is 15.6 Å². The molecule has 0 unspecified atom stereocenters. The minimum atomic E-state index is -0.239. The zero-order valence-corrected chi connectivity index (χ0v) is 18.5. The van der Waals surface area contributed by atoms with E-state index in [0.29, 0.717) is 38.6 Å². The summed E-state index contributed by atoms with van der Waals surface area (Å²) in [4.78, 5) is 29.8. The van der Waals surface area contributed by atoms with Crippen LogP contribution in [0, 0.1) is 13.8 Å². The van der Waals surface area contributed by atoms with Crippen LogP contribution in [-0.4, -0.2) is 23.9 Å². The molecule has 0 saturated carbocycles. The summed E-state index contributed by atoms with van der Waals surface area (Å²) in [7, 11) is 1.53. The van der Waals surface area contributed by atoms with Crippen molar-refractivity contribution >= 4 is 40.4 Å². The van der Waals surface area contributed by atoms with Crippen molar-refractivity contribution in [2.24, 2.45) is 0 Å². The Morgan fingerprint density at radius 3 is 2.67 bits per heavy atom. The van der Waals surface area contributed by atoms with Crippen molar-refractivity contribution < 1.29 is 14.3 Å². The summed E-state index contributed by atoms with van der Waals surface area (Å²) in [5, 5.41) is 6.68. The third-order valence-corrected chi connectivity index (χ3v) is 5.78. The van der Waals surface area contributed by atoms with Crippen LogP contribution in [0.15, 0.2) is 42.5 Å². The van der Waals surface area contributed by atoms with E-state index in [1.54, 1.807) is 25.1 Å². The molecule has 0 aliphatic carbocycles. The Morgan fingerprint density at radius 1 is 1.17 bits per heavy atom. The van der Waals surface area contributed by atoms with Crippen LogP contribution < -0.4 is 15.4 Å². The Kier molecular flexibility index (Phi) is 7.07. The Morgan fingerprint density at radius 2 is 1.97 bits per heavy atom. The Hall–Kier alpha value is -2.90. The number of aromatic nitrogens is 1. The molecule has 0 saturated heterocycles. The maximum Gasteiger partial charge on any atom is 0.263 e. The Labute approximate surface area is 184 Å². The molecule has 1 heterocycles. The predicted molar refractivity (Wildman–Crippen MR) is 120 cm³/mol. The van der Waals surface area contributed by atoms with Gasteiger partial charge in [-0.15, -0.1) is 11.3 Å². The molecule has 3 rings (SSSR count). The maximum absolute atomic E-state index is 12.5. The van der Waals surface area contributed by atoms with Crippen LogP contribution in [-0.2, 0) is 17.8 Å². The van der Waals surface area contributed by atoms with Crippen molar-refractivity contribution in [2.45, 2.75) is 26.8 Å². The highest BCUT2D eigenvalue weighted by molar-refractivity contribution is 7.13. The monoisotopic (exact) mass is 443 g/mol. The van der Waals surface area contributed by atoms with E-state index >= 15 is 0 Å². The molecule has 3 aromatic rings. The second kappa shape index (κ2) is 9.73. The van der Waals surface area contributed by atoms with E-state index < -0.39 is 0 Å². The van der Waals surface area contributed by atoms with Gasteiger partial charge in [0.05, 0.1) is 24.2 Å². The smallest absolute Gasteiger partial charge is 0.263 e. The van der Waals surface area contributed by atoms with Gasteiger partial charge in [-0.25, -0.2) is 4.98 Å². The second-order valence-electron chi connectivity index (χ2n) is 6.77. The fraction of sp³-hybridized carbons (Fsp3) is 0.227. The van der Waals surface area contributed by atoms with Crippen molar-refractivity contribution in [3.8, 4) is 5.75 Å². The number of ether oxygens (including phenoxy) is 1. The van der Waals surface area contributed by atoms with Crippen molar-refractivity contribution in [1.29, 1.82) is 0 Å². The fourth-order valence-electron chi connectivity index (χ4n) is 2.91. The summed E-state index contributed by atoms with van der Waals surface area (Å²) in [6.07, 6.45) is 0.0698. The summed E-state index contributed by atoms with van der Waals surface area (Å²) in [5.41, 5.74) is 3.35. The molecule has 0 aliphatic rings. The third kappa shape index (κ3) is 5.58. The molecule has 0 fully saturated rings. The van der Waals surface area contributed by atoms with E-state index in [0.717, 1.165) is 11.1 Å². The number of hydrogen-bond acceptors (Lipinski definition) is 5. The average Bonchev–Trinajstić information content (AvgIpc) is 3.06. The first-order valence-corrected chi connectivity index (χ1v) is 10.5. The largest absolute Gasteiger partial charge is 0.495 e. The average molecular weight is 444 g/mol. The normalized spacial score (nSPS) is 10.5. The number of aryl methyl sites for hydroxylation is 2. The lowest BCUT2D eigenvalue weighted by atomic mass is 10.1. The van der Waals surface area contributed by atoms with Crippen LogP contribution in [0.2, 0.25) is 5.02 Å². The molecule has 0 aliphatic heterocycles. The van der Waals surface area contributed by atoms with Gasteiger partial charge in [0.15, 0.2) is 0 Å². The molecule has 0 spiro atoms. The Balaban J connectivity index is 1.60. The van der Waals surface area contributed by atoms with Gasteiger partial charge in [0.1, 0.15) is 15.6 Å². The SMILES string of the molecule is COc1ccc(NC(=O)Cc2nc(C)c(C(=O)NCc3cccc(C)c3)s2)cc1Cl. The van der Waals surface area contributed by atoms with Crippen molar-refractivity contribution in [3.05, 3.63) is 74.2 Å². The number of amides is 2. The molecule has 8 heteroatoms. The molecule has 0 bridgehead atoms. The molecule has 1 aromatic heterocycles. The maximum atomic E-state index is 12.5. The van der Waals surface area contributed by atoms with Gasteiger partial charge in [-0.1, -0.05) is 41.4 Å². The minimum absolute atomic E-state index is 0.0698. The molecule has 30 heavy (non-hydrogen) atoms. The van der Waals surface area contributed by atoms with Gasteiger partial charge in [0.2, 0.25) is 5.91 Å². The molecule has 6 nitrogen and oxygen atoms in total. The van der Waals surface area contributed by atoms with E-state index in [1.165, 1.54) is 18.4 Å². The van der Waals surface area contributed by atoms with Gasteiger partial charge < -0.3 is 15.4 Å². The second-order valence-corrected chi connectivity index (χ2v) is 8.26. The van der Waals surface area contributed by atoms with Crippen molar-refractivity contribution in [2.75, 3.05) is 12.4 Å². The zero-order valence-electron chi connectivity index (χ0n) is 16.9. The number of nitrogens with zero attached hydrogens (tertiary/aromatic N) is 1. The lowest BCUT2D eigenvalue weighted by Gasteiger charge is -2.07. The van der Waals surface area contributed by atoms with E-state index in [-0.39, 0.29) is 18.2 Å². The van der Waals surface area contributed by atoms with Gasteiger partial charge >= 0.3 is 0 Å². The van der Waals surface area contributed by atoms with Crippen molar-refractivity contribution in [3.63, 3.8) is 0 Å². The van der Waals surface area contributed by atoms with Crippen LogP contribution in [0.1, 0.15) is 31.5 Å². The number of anilines is 1. The molecule has 156 valence electrons. The number of carbonyl (C=O) groups is 2. The van der Waals surface area contributed by atoms with Crippen LogP contribution in [0.4, 0.5) is 5.69 Å². The highest BCUT2D eigenvalue weighted by atomic mass is 35.5. The minimum Gasteiger partial charge on any atom is -0.495 e. The topological polar surface area (TPSA) is 80.3 Å². The van der Waals surface area contributed by atoms with E-state index in [4.69, 9.17) is 16.3 Å². The lowest BCUT2D eigenvalue weighted by molar-refractivity contribution is -0.115. The number of halogens is 1. The summed E-state index contributed by atoms with van der Waals surface area (Å²) >= 11 is 7.31. The first-order chi connectivity index (χ1) is 14.4. The molecule has 0 atom stereocenters.